The topological polar surface area (TPSA) is 68.3 Å². The van der Waals surface area contributed by atoms with Crippen LogP contribution in [-0.2, 0) is 18.0 Å². The first-order valence-corrected chi connectivity index (χ1v) is 6.99. The molecule has 0 atom stereocenters. The van der Waals surface area contributed by atoms with Crippen molar-refractivity contribution in [3.8, 4) is 0 Å². The monoisotopic (exact) mass is 288 g/mol. The number of Topliss-reactive ketones (excluding diaryl/α,β-unsaturated/α-hetero) is 1. The molecule has 1 N–H and O–H groups in total. The van der Waals surface area contributed by atoms with E-state index in [4.69, 9.17) is 4.74 Å². The van der Waals surface area contributed by atoms with Gasteiger partial charge in [-0.2, -0.15) is 0 Å². The molecule has 0 saturated carbocycles. The molecule has 1 aliphatic heterocycles. The first-order chi connectivity index (χ1) is 9.63. The highest BCUT2D eigenvalue weighted by Crippen LogP contribution is 2.22. The van der Waals surface area contributed by atoms with Crippen molar-refractivity contribution in [2.45, 2.75) is 20.1 Å². The first-order valence-electron chi connectivity index (χ1n) is 6.11. The van der Waals surface area contributed by atoms with E-state index in [1.807, 2.05) is 12.1 Å². The van der Waals surface area contributed by atoms with Crippen LogP contribution in [0.15, 0.2) is 23.6 Å². The third-order valence-corrected chi connectivity index (χ3v) is 3.83. The van der Waals surface area contributed by atoms with E-state index in [9.17, 15) is 9.59 Å². The Bertz CT molecular complexity index is 693. The van der Waals surface area contributed by atoms with Crippen molar-refractivity contribution in [2.24, 2.45) is 0 Å². The van der Waals surface area contributed by atoms with Crippen LogP contribution in [0.1, 0.15) is 38.9 Å². The molecule has 2 heterocycles. The number of carbonyl (C=O) groups excluding carboxylic acids is 2. The molecular formula is C14H12N2O3S. The summed E-state index contributed by atoms with van der Waals surface area (Å²) >= 11 is 1.24. The number of nitrogens with zero attached hydrogens (tertiary/aromatic N) is 1. The number of hydrogen-bond acceptors (Lipinski definition) is 5. The Morgan fingerprint density at radius 2 is 2.10 bits per heavy atom. The molecule has 1 aliphatic rings. The molecule has 5 nitrogen and oxygen atoms in total. The second-order valence-electron chi connectivity index (χ2n) is 4.52. The molecule has 20 heavy (non-hydrogen) atoms. The predicted octanol–water partition coefficient (Wildman–Crippen LogP) is 2.63. The van der Waals surface area contributed by atoms with Gasteiger partial charge in [0, 0.05) is 17.9 Å². The van der Waals surface area contributed by atoms with Gasteiger partial charge >= 0.3 is 0 Å². The Morgan fingerprint density at radius 1 is 1.30 bits per heavy atom. The largest absolute Gasteiger partial charge is 0.372 e. The second kappa shape index (κ2) is 5.15. The molecule has 0 saturated heterocycles. The predicted molar refractivity (Wildman–Crippen MR) is 75.0 cm³/mol. The van der Waals surface area contributed by atoms with E-state index in [-0.39, 0.29) is 11.7 Å². The van der Waals surface area contributed by atoms with E-state index in [0.29, 0.717) is 29.6 Å². The summed E-state index contributed by atoms with van der Waals surface area (Å²) in [6.45, 7) is 2.59. The van der Waals surface area contributed by atoms with Crippen LogP contribution in [-0.4, -0.2) is 16.7 Å². The number of rotatable bonds is 3. The maximum Gasteiger partial charge on any atom is 0.257 e. The van der Waals surface area contributed by atoms with Gasteiger partial charge in [-0.25, -0.2) is 4.98 Å². The normalized spacial score (nSPS) is 13.1. The van der Waals surface area contributed by atoms with Crippen LogP contribution in [0.2, 0.25) is 0 Å². The molecule has 1 amide bonds. The van der Waals surface area contributed by atoms with Gasteiger partial charge in [0.1, 0.15) is 5.69 Å². The number of aromatic nitrogens is 1. The summed E-state index contributed by atoms with van der Waals surface area (Å²) in [5.74, 6) is -0.347. The lowest BCUT2D eigenvalue weighted by molar-refractivity contribution is 0.100. The zero-order valence-electron chi connectivity index (χ0n) is 10.8. The lowest BCUT2D eigenvalue weighted by atomic mass is 10.1. The smallest absolute Gasteiger partial charge is 0.257 e. The summed E-state index contributed by atoms with van der Waals surface area (Å²) in [5.41, 5.74) is 3.09. The molecule has 0 fully saturated rings. The number of hydrogen-bond donors (Lipinski definition) is 1. The molecule has 0 spiro atoms. The third kappa shape index (κ3) is 2.48. The number of benzene rings is 1. The maximum atomic E-state index is 12.1. The number of ether oxygens (including phenoxy) is 1. The summed E-state index contributed by atoms with van der Waals surface area (Å²) in [6, 6.07) is 5.50. The zero-order valence-corrected chi connectivity index (χ0v) is 11.6. The lowest BCUT2D eigenvalue weighted by Gasteiger charge is -2.03. The van der Waals surface area contributed by atoms with E-state index < -0.39 is 0 Å². The molecule has 1 aromatic carbocycles. The van der Waals surface area contributed by atoms with Gasteiger partial charge in [-0.1, -0.05) is 6.07 Å². The molecule has 0 unspecified atom stereocenters. The molecular weight excluding hydrogens is 276 g/mol. The minimum atomic E-state index is -0.232. The van der Waals surface area contributed by atoms with Crippen LogP contribution in [0.5, 0.6) is 0 Å². The fraction of sp³-hybridized carbons (Fsp3) is 0.214. The Kier molecular flexibility index (Phi) is 3.33. The van der Waals surface area contributed by atoms with Gasteiger partial charge in [0.25, 0.3) is 5.91 Å². The van der Waals surface area contributed by atoms with E-state index in [1.165, 1.54) is 18.3 Å². The fourth-order valence-electron chi connectivity index (χ4n) is 1.98. The molecule has 1 aromatic heterocycles. The molecule has 6 heteroatoms. The summed E-state index contributed by atoms with van der Waals surface area (Å²) in [6.07, 6.45) is 0. The second-order valence-corrected chi connectivity index (χ2v) is 5.38. The van der Waals surface area contributed by atoms with E-state index in [0.717, 1.165) is 11.1 Å². The molecule has 0 aliphatic carbocycles. The standard InChI is InChI=1S/C14H12N2O3S/c1-8(17)12-7-20-14(15-12)16-13(18)9-2-3-10-5-19-6-11(10)4-9/h2-4,7H,5-6H2,1H3,(H,15,16,18). The summed E-state index contributed by atoms with van der Waals surface area (Å²) < 4.78 is 5.32. The Balaban J connectivity index is 1.77. The minimum Gasteiger partial charge on any atom is -0.372 e. The van der Waals surface area contributed by atoms with E-state index in [2.05, 4.69) is 10.3 Å². The Labute approximate surface area is 119 Å². The van der Waals surface area contributed by atoms with Gasteiger partial charge in [0.15, 0.2) is 10.9 Å². The number of nitrogens with one attached hydrogen (secondary N) is 1. The molecule has 2 aromatic rings. The van der Waals surface area contributed by atoms with Crippen LogP contribution < -0.4 is 5.32 Å². The highest BCUT2D eigenvalue weighted by Gasteiger charge is 2.15. The molecule has 0 bridgehead atoms. The van der Waals surface area contributed by atoms with Gasteiger partial charge in [-0.05, 0) is 23.3 Å². The van der Waals surface area contributed by atoms with E-state index in [1.54, 1.807) is 11.4 Å². The van der Waals surface area contributed by atoms with Crippen LogP contribution in [0.25, 0.3) is 0 Å². The van der Waals surface area contributed by atoms with Crippen molar-refractivity contribution in [1.82, 2.24) is 4.98 Å². The number of fused-ring (bicyclic) bond motifs is 1. The quantitative estimate of drug-likeness (QED) is 0.882. The van der Waals surface area contributed by atoms with Gasteiger partial charge in [0.2, 0.25) is 0 Å². The summed E-state index contributed by atoms with van der Waals surface area (Å²) in [5, 5.41) is 4.76. The fourth-order valence-corrected chi connectivity index (χ4v) is 2.72. The SMILES string of the molecule is CC(=O)c1csc(NC(=O)c2ccc3c(c2)COC3)n1. The van der Waals surface area contributed by atoms with Gasteiger partial charge in [0.05, 0.1) is 13.2 Å². The molecule has 102 valence electrons. The average Bonchev–Trinajstić information content (AvgIpc) is 3.05. The van der Waals surface area contributed by atoms with Gasteiger partial charge < -0.3 is 4.74 Å². The van der Waals surface area contributed by atoms with Gasteiger partial charge in [-0.15, -0.1) is 11.3 Å². The van der Waals surface area contributed by atoms with Crippen molar-refractivity contribution >= 4 is 28.2 Å². The van der Waals surface area contributed by atoms with Crippen molar-refractivity contribution < 1.29 is 14.3 Å². The minimum absolute atomic E-state index is 0.114. The Hall–Kier alpha value is -2.05. The van der Waals surface area contributed by atoms with Crippen molar-refractivity contribution in [1.29, 1.82) is 0 Å². The number of ketones is 1. The first kappa shape index (κ1) is 13.0. The van der Waals surface area contributed by atoms with Crippen LogP contribution in [0, 0.1) is 0 Å². The average molecular weight is 288 g/mol. The van der Waals surface area contributed by atoms with Crippen molar-refractivity contribution in [2.75, 3.05) is 5.32 Å². The van der Waals surface area contributed by atoms with Crippen molar-refractivity contribution in [3.05, 3.63) is 46.0 Å². The number of anilines is 1. The highest BCUT2D eigenvalue weighted by molar-refractivity contribution is 7.14. The molecule has 3 rings (SSSR count). The summed E-state index contributed by atoms with van der Waals surface area (Å²) in [4.78, 5) is 27.3. The Morgan fingerprint density at radius 3 is 2.85 bits per heavy atom. The summed E-state index contributed by atoms with van der Waals surface area (Å²) in [7, 11) is 0. The van der Waals surface area contributed by atoms with E-state index >= 15 is 0 Å². The number of thiazole rings is 1. The highest BCUT2D eigenvalue weighted by atomic mass is 32.1. The van der Waals surface area contributed by atoms with Crippen LogP contribution in [0.4, 0.5) is 5.13 Å². The number of amides is 1. The lowest BCUT2D eigenvalue weighted by Crippen LogP contribution is -2.12. The van der Waals surface area contributed by atoms with Crippen LogP contribution in [0.3, 0.4) is 0 Å². The number of carbonyl (C=O) groups is 2. The third-order valence-electron chi connectivity index (χ3n) is 3.07. The van der Waals surface area contributed by atoms with Crippen LogP contribution >= 0.6 is 11.3 Å². The molecule has 0 radical (unpaired) electrons. The van der Waals surface area contributed by atoms with Gasteiger partial charge in [-0.3, -0.25) is 14.9 Å². The van der Waals surface area contributed by atoms with Crippen molar-refractivity contribution in [3.63, 3.8) is 0 Å². The maximum absolute atomic E-state index is 12.1. The zero-order chi connectivity index (χ0) is 14.1.